The number of H-pyrrole nitrogens is 1. The first-order chi connectivity index (χ1) is 9.91. The zero-order valence-corrected chi connectivity index (χ0v) is 11.0. The molecule has 1 aromatic carbocycles. The Morgan fingerprint density at radius 2 is 2.14 bits per heavy atom. The van der Waals surface area contributed by atoms with Crippen LogP contribution in [-0.4, -0.2) is 28.1 Å². The fraction of sp³-hybridized carbons (Fsp3) is 0.250. The van der Waals surface area contributed by atoms with Crippen molar-refractivity contribution in [2.75, 3.05) is 12.4 Å². The number of rotatable bonds is 4. The second-order valence-electron chi connectivity index (χ2n) is 4.12. The summed E-state index contributed by atoms with van der Waals surface area (Å²) >= 11 is 0. The Morgan fingerprint density at radius 1 is 1.38 bits per heavy atom. The van der Waals surface area contributed by atoms with Gasteiger partial charge in [-0.05, 0) is 18.2 Å². The van der Waals surface area contributed by atoms with E-state index in [9.17, 15) is 18.0 Å². The van der Waals surface area contributed by atoms with E-state index in [0.29, 0.717) is 11.5 Å². The maximum atomic E-state index is 12.7. The van der Waals surface area contributed by atoms with E-state index in [2.05, 4.69) is 25.8 Å². The molecule has 0 aliphatic heterocycles. The van der Waals surface area contributed by atoms with Crippen LogP contribution in [0.1, 0.15) is 21.7 Å². The molecule has 0 saturated heterocycles. The lowest BCUT2D eigenvalue weighted by Crippen LogP contribution is -2.25. The molecule has 0 atom stereocenters. The first-order valence-electron chi connectivity index (χ1n) is 5.93. The molecule has 6 nitrogen and oxygen atoms in total. The highest BCUT2D eigenvalue weighted by molar-refractivity contribution is 5.99. The highest BCUT2D eigenvalue weighted by atomic mass is 19.4. The van der Waals surface area contributed by atoms with Gasteiger partial charge in [0.2, 0.25) is 0 Å². The van der Waals surface area contributed by atoms with Gasteiger partial charge in [0.05, 0.1) is 17.7 Å². The molecule has 3 N–H and O–H groups in total. The van der Waals surface area contributed by atoms with E-state index in [-0.39, 0.29) is 12.1 Å². The molecule has 1 aromatic heterocycles. The molecule has 21 heavy (non-hydrogen) atoms. The monoisotopic (exact) mass is 299 g/mol. The molecule has 2 aromatic rings. The van der Waals surface area contributed by atoms with Crippen molar-refractivity contribution in [1.29, 1.82) is 0 Å². The largest absolute Gasteiger partial charge is 0.416 e. The van der Waals surface area contributed by atoms with Crippen LogP contribution in [0, 0.1) is 0 Å². The van der Waals surface area contributed by atoms with Gasteiger partial charge in [-0.15, -0.1) is 0 Å². The van der Waals surface area contributed by atoms with Crippen LogP contribution in [0.2, 0.25) is 0 Å². The summed E-state index contributed by atoms with van der Waals surface area (Å²) in [4.78, 5) is 15.8. The normalized spacial score (nSPS) is 11.2. The molecule has 0 unspecified atom stereocenters. The zero-order valence-electron chi connectivity index (χ0n) is 11.0. The number of nitrogens with one attached hydrogen (secondary N) is 3. The lowest BCUT2D eigenvalue weighted by molar-refractivity contribution is -0.137. The van der Waals surface area contributed by atoms with Crippen molar-refractivity contribution in [3.05, 3.63) is 41.5 Å². The molecule has 0 saturated carbocycles. The minimum Gasteiger partial charge on any atom is -0.387 e. The maximum absolute atomic E-state index is 12.7. The quantitative estimate of drug-likeness (QED) is 0.804. The lowest BCUT2D eigenvalue weighted by atomic mass is 10.1. The van der Waals surface area contributed by atoms with Gasteiger partial charge in [0.1, 0.15) is 12.2 Å². The van der Waals surface area contributed by atoms with E-state index in [1.807, 2.05) is 0 Å². The van der Waals surface area contributed by atoms with E-state index in [0.717, 1.165) is 12.1 Å². The molecule has 9 heteroatoms. The minimum atomic E-state index is -4.51. The minimum absolute atomic E-state index is 0.0399. The predicted octanol–water partition coefficient (Wildman–Crippen LogP) is 1.80. The third kappa shape index (κ3) is 3.50. The molecule has 112 valence electrons. The molecule has 0 radical (unpaired) electrons. The van der Waals surface area contributed by atoms with Crippen molar-refractivity contribution in [3.8, 4) is 0 Å². The van der Waals surface area contributed by atoms with Gasteiger partial charge in [-0.2, -0.15) is 18.3 Å². The Labute approximate surface area is 117 Å². The summed E-state index contributed by atoms with van der Waals surface area (Å²) in [6.07, 6.45) is -3.24. The Kier molecular flexibility index (Phi) is 4.10. The van der Waals surface area contributed by atoms with Gasteiger partial charge in [0, 0.05) is 12.7 Å². The Morgan fingerprint density at radius 3 is 2.71 bits per heavy atom. The number of hydrogen-bond acceptors (Lipinski definition) is 4. The van der Waals surface area contributed by atoms with E-state index < -0.39 is 17.6 Å². The van der Waals surface area contributed by atoms with Gasteiger partial charge in [-0.3, -0.25) is 9.89 Å². The van der Waals surface area contributed by atoms with Gasteiger partial charge < -0.3 is 10.6 Å². The number of aromatic nitrogens is 3. The number of amides is 1. The Bertz CT molecular complexity index is 624. The van der Waals surface area contributed by atoms with Crippen molar-refractivity contribution in [2.24, 2.45) is 0 Å². The topological polar surface area (TPSA) is 82.7 Å². The van der Waals surface area contributed by atoms with Crippen LogP contribution in [0.3, 0.4) is 0 Å². The first kappa shape index (κ1) is 14.8. The average Bonchev–Trinajstić information content (AvgIpc) is 2.96. The Hall–Kier alpha value is -2.58. The van der Waals surface area contributed by atoms with E-state index in [1.54, 1.807) is 0 Å². The molecule has 0 spiro atoms. The van der Waals surface area contributed by atoms with Crippen LogP contribution in [0.4, 0.5) is 18.9 Å². The number of anilines is 1. The number of nitrogens with zero attached hydrogens (tertiary/aromatic N) is 2. The van der Waals surface area contributed by atoms with Crippen molar-refractivity contribution in [1.82, 2.24) is 20.5 Å². The van der Waals surface area contributed by atoms with E-state index in [1.165, 1.54) is 19.4 Å². The maximum Gasteiger partial charge on any atom is 0.416 e. The summed E-state index contributed by atoms with van der Waals surface area (Å²) in [5, 5.41) is 11.3. The SMILES string of the molecule is CNc1ccc(C(F)(F)F)cc1C(=O)NCc1ncn[nH]1. The molecule has 0 bridgehead atoms. The van der Waals surface area contributed by atoms with Crippen molar-refractivity contribution < 1.29 is 18.0 Å². The number of hydrogen-bond donors (Lipinski definition) is 3. The van der Waals surface area contributed by atoms with Crippen molar-refractivity contribution in [2.45, 2.75) is 12.7 Å². The number of carbonyl (C=O) groups is 1. The second-order valence-corrected chi connectivity index (χ2v) is 4.12. The molecular formula is C12H12F3N5O. The number of aromatic amines is 1. The first-order valence-corrected chi connectivity index (χ1v) is 5.93. The fourth-order valence-corrected chi connectivity index (χ4v) is 1.70. The van der Waals surface area contributed by atoms with Crippen molar-refractivity contribution in [3.63, 3.8) is 0 Å². The van der Waals surface area contributed by atoms with Crippen LogP contribution in [-0.2, 0) is 12.7 Å². The smallest absolute Gasteiger partial charge is 0.387 e. The van der Waals surface area contributed by atoms with Crippen LogP contribution in [0.5, 0.6) is 0 Å². The van der Waals surface area contributed by atoms with Gasteiger partial charge in [0.25, 0.3) is 5.91 Å². The zero-order chi connectivity index (χ0) is 15.5. The number of benzene rings is 1. The molecular weight excluding hydrogens is 287 g/mol. The van der Waals surface area contributed by atoms with E-state index >= 15 is 0 Å². The third-order valence-corrected chi connectivity index (χ3v) is 2.74. The van der Waals surface area contributed by atoms with Gasteiger partial charge in [-0.25, -0.2) is 4.98 Å². The molecule has 1 heterocycles. The molecule has 0 fully saturated rings. The number of halogens is 3. The standard InChI is InChI=1S/C12H12F3N5O/c1-16-9-3-2-7(12(13,14)15)4-8(9)11(21)17-5-10-18-6-19-20-10/h2-4,6,16H,5H2,1H3,(H,17,21)(H,18,19,20). The third-order valence-electron chi connectivity index (χ3n) is 2.74. The van der Waals surface area contributed by atoms with Crippen LogP contribution in [0.15, 0.2) is 24.5 Å². The second kappa shape index (κ2) is 5.81. The van der Waals surface area contributed by atoms with Gasteiger partial charge in [-0.1, -0.05) is 0 Å². The molecule has 0 aliphatic carbocycles. The summed E-state index contributed by atoms with van der Waals surface area (Å²) in [5.74, 6) is -0.233. The van der Waals surface area contributed by atoms with Crippen LogP contribution >= 0.6 is 0 Å². The summed E-state index contributed by atoms with van der Waals surface area (Å²) < 4.78 is 38.1. The van der Waals surface area contributed by atoms with Gasteiger partial charge >= 0.3 is 6.18 Å². The van der Waals surface area contributed by atoms with Crippen LogP contribution < -0.4 is 10.6 Å². The Balaban J connectivity index is 2.21. The highest BCUT2D eigenvalue weighted by Gasteiger charge is 2.31. The fourth-order valence-electron chi connectivity index (χ4n) is 1.70. The van der Waals surface area contributed by atoms with Gasteiger partial charge in [0.15, 0.2) is 0 Å². The number of carbonyl (C=O) groups excluding carboxylic acids is 1. The highest BCUT2D eigenvalue weighted by Crippen LogP contribution is 2.31. The molecule has 2 rings (SSSR count). The van der Waals surface area contributed by atoms with Crippen molar-refractivity contribution >= 4 is 11.6 Å². The van der Waals surface area contributed by atoms with E-state index in [4.69, 9.17) is 0 Å². The molecule has 0 aliphatic rings. The summed E-state index contributed by atoms with van der Waals surface area (Å²) in [5.41, 5.74) is -0.670. The number of alkyl halides is 3. The molecule has 1 amide bonds. The summed E-state index contributed by atoms with van der Waals surface area (Å²) in [6.45, 7) is 0.0399. The van der Waals surface area contributed by atoms with Crippen LogP contribution in [0.25, 0.3) is 0 Å². The predicted molar refractivity (Wildman–Crippen MR) is 68.5 cm³/mol. The lowest BCUT2D eigenvalue weighted by Gasteiger charge is -2.13. The summed E-state index contributed by atoms with van der Waals surface area (Å²) in [7, 11) is 1.52. The summed E-state index contributed by atoms with van der Waals surface area (Å²) in [6, 6.07) is 2.94. The average molecular weight is 299 g/mol.